The maximum Gasteiger partial charge on any atom is 0.315 e. The normalized spacial score (nSPS) is 12.2. The van der Waals surface area contributed by atoms with Gasteiger partial charge < -0.3 is 15.1 Å². The predicted molar refractivity (Wildman–Crippen MR) is 82.1 cm³/mol. The lowest BCUT2D eigenvalue weighted by atomic mass is 10.2. The highest BCUT2D eigenvalue weighted by Gasteiger charge is 2.12. The molecule has 3 aromatic rings. The summed E-state index contributed by atoms with van der Waals surface area (Å²) in [4.78, 5) is 16.3. The molecule has 0 bridgehead atoms. The van der Waals surface area contributed by atoms with E-state index in [9.17, 15) is 4.79 Å². The van der Waals surface area contributed by atoms with Crippen LogP contribution in [0, 0.1) is 0 Å². The summed E-state index contributed by atoms with van der Waals surface area (Å²) >= 11 is 1.58. The third kappa shape index (κ3) is 3.22. The van der Waals surface area contributed by atoms with Crippen molar-refractivity contribution in [3.05, 3.63) is 53.4 Å². The lowest BCUT2D eigenvalue weighted by Gasteiger charge is -2.11. The number of furan rings is 1. The largest absolute Gasteiger partial charge is 0.467 e. The fourth-order valence-electron chi connectivity index (χ4n) is 2.01. The number of benzene rings is 1. The average Bonchev–Trinajstić information content (AvgIpc) is 3.14. The molecule has 5 nitrogen and oxygen atoms in total. The SMILES string of the molecule is C[C@H](NC(=O)NCc1nc2ccccc2s1)c1ccco1. The minimum absolute atomic E-state index is 0.171. The van der Waals surface area contributed by atoms with Gasteiger partial charge >= 0.3 is 6.03 Å². The van der Waals surface area contributed by atoms with Gasteiger partial charge in [-0.25, -0.2) is 9.78 Å². The number of hydrogen-bond donors (Lipinski definition) is 2. The summed E-state index contributed by atoms with van der Waals surface area (Å²) in [5.74, 6) is 0.727. The molecule has 0 aliphatic heterocycles. The molecule has 2 heterocycles. The molecule has 0 unspecified atom stereocenters. The van der Waals surface area contributed by atoms with Crippen LogP contribution >= 0.6 is 11.3 Å². The number of fused-ring (bicyclic) bond motifs is 1. The number of rotatable bonds is 4. The molecule has 0 fully saturated rings. The highest BCUT2D eigenvalue weighted by molar-refractivity contribution is 7.18. The molecule has 0 radical (unpaired) electrons. The zero-order chi connectivity index (χ0) is 14.7. The van der Waals surface area contributed by atoms with Gasteiger partial charge in [0.1, 0.15) is 10.8 Å². The minimum atomic E-state index is -0.238. The number of thiazole rings is 1. The summed E-state index contributed by atoms with van der Waals surface area (Å²) in [7, 11) is 0. The van der Waals surface area contributed by atoms with E-state index >= 15 is 0 Å². The molecule has 2 aromatic heterocycles. The molecule has 3 rings (SSSR count). The lowest BCUT2D eigenvalue weighted by Crippen LogP contribution is -2.36. The van der Waals surface area contributed by atoms with E-state index in [1.807, 2.05) is 37.3 Å². The van der Waals surface area contributed by atoms with Crippen LogP contribution in [0.3, 0.4) is 0 Å². The Hall–Kier alpha value is -2.34. The molecule has 6 heteroatoms. The van der Waals surface area contributed by atoms with E-state index in [0.717, 1.165) is 21.0 Å². The zero-order valence-electron chi connectivity index (χ0n) is 11.5. The van der Waals surface area contributed by atoms with Crippen molar-refractivity contribution < 1.29 is 9.21 Å². The van der Waals surface area contributed by atoms with Gasteiger partial charge in [0.2, 0.25) is 0 Å². The maximum atomic E-state index is 11.9. The van der Waals surface area contributed by atoms with Crippen LogP contribution in [0.4, 0.5) is 4.79 Å². The highest BCUT2D eigenvalue weighted by atomic mass is 32.1. The van der Waals surface area contributed by atoms with E-state index < -0.39 is 0 Å². The number of aromatic nitrogens is 1. The van der Waals surface area contributed by atoms with Gasteiger partial charge in [-0.1, -0.05) is 12.1 Å². The van der Waals surface area contributed by atoms with Crippen molar-refractivity contribution in [2.45, 2.75) is 19.5 Å². The monoisotopic (exact) mass is 301 g/mol. The van der Waals surface area contributed by atoms with Crippen LogP contribution in [0.5, 0.6) is 0 Å². The van der Waals surface area contributed by atoms with Crippen LogP contribution in [0.1, 0.15) is 23.7 Å². The minimum Gasteiger partial charge on any atom is -0.467 e. The maximum absolute atomic E-state index is 11.9. The molecular formula is C15H15N3O2S. The number of carbonyl (C=O) groups excluding carboxylic acids is 1. The van der Waals surface area contributed by atoms with Crippen LogP contribution in [0.25, 0.3) is 10.2 Å². The molecular weight excluding hydrogens is 286 g/mol. The smallest absolute Gasteiger partial charge is 0.315 e. The Labute approximate surface area is 126 Å². The molecule has 0 saturated heterocycles. The zero-order valence-corrected chi connectivity index (χ0v) is 12.3. The van der Waals surface area contributed by atoms with Crippen LogP contribution in [-0.4, -0.2) is 11.0 Å². The third-order valence-electron chi connectivity index (χ3n) is 3.06. The fourth-order valence-corrected chi connectivity index (χ4v) is 2.91. The number of nitrogens with one attached hydrogen (secondary N) is 2. The second-order valence-electron chi connectivity index (χ2n) is 4.64. The molecule has 2 amide bonds. The molecule has 1 atom stereocenters. The topological polar surface area (TPSA) is 67.2 Å². The van der Waals surface area contributed by atoms with Gasteiger partial charge in [-0.05, 0) is 31.2 Å². The van der Waals surface area contributed by atoms with Crippen molar-refractivity contribution >= 4 is 27.6 Å². The van der Waals surface area contributed by atoms with E-state index in [4.69, 9.17) is 4.42 Å². The predicted octanol–water partition coefficient (Wildman–Crippen LogP) is 3.45. The molecule has 2 N–H and O–H groups in total. The van der Waals surface area contributed by atoms with Gasteiger partial charge in [-0.15, -0.1) is 11.3 Å². The number of carbonyl (C=O) groups is 1. The van der Waals surface area contributed by atoms with Gasteiger partial charge in [0.05, 0.1) is 29.1 Å². The van der Waals surface area contributed by atoms with Crippen LogP contribution < -0.4 is 10.6 Å². The number of hydrogen-bond acceptors (Lipinski definition) is 4. The number of urea groups is 1. The molecule has 0 aliphatic rings. The van der Waals surface area contributed by atoms with Gasteiger partial charge in [0.25, 0.3) is 0 Å². The van der Waals surface area contributed by atoms with Crippen molar-refractivity contribution in [3.63, 3.8) is 0 Å². The summed E-state index contributed by atoms with van der Waals surface area (Å²) < 4.78 is 6.37. The van der Waals surface area contributed by atoms with Crippen LogP contribution in [0.15, 0.2) is 47.1 Å². The van der Waals surface area contributed by atoms with Crippen molar-refractivity contribution in [2.75, 3.05) is 0 Å². The Balaban J connectivity index is 1.56. The van der Waals surface area contributed by atoms with Gasteiger partial charge in [0, 0.05) is 0 Å². The highest BCUT2D eigenvalue weighted by Crippen LogP contribution is 2.21. The van der Waals surface area contributed by atoms with Crippen LogP contribution in [0.2, 0.25) is 0 Å². The first kappa shape index (κ1) is 13.6. The molecule has 0 spiro atoms. The first-order valence-electron chi connectivity index (χ1n) is 6.64. The van der Waals surface area contributed by atoms with Gasteiger partial charge in [-0.3, -0.25) is 0 Å². The van der Waals surface area contributed by atoms with Crippen molar-refractivity contribution in [2.24, 2.45) is 0 Å². The van der Waals surface area contributed by atoms with Crippen LogP contribution in [-0.2, 0) is 6.54 Å². The Morgan fingerprint density at radius 3 is 2.95 bits per heavy atom. The summed E-state index contributed by atoms with van der Waals surface area (Å²) in [5, 5.41) is 6.51. The van der Waals surface area contributed by atoms with Gasteiger partial charge in [-0.2, -0.15) is 0 Å². The molecule has 21 heavy (non-hydrogen) atoms. The molecule has 0 saturated carbocycles. The Bertz CT molecular complexity index is 703. The molecule has 1 aromatic carbocycles. The third-order valence-corrected chi connectivity index (χ3v) is 4.09. The quantitative estimate of drug-likeness (QED) is 0.775. The van der Waals surface area contributed by atoms with E-state index in [1.165, 1.54) is 0 Å². The summed E-state index contributed by atoms with van der Waals surface area (Å²) in [6.07, 6.45) is 1.59. The first-order valence-corrected chi connectivity index (χ1v) is 7.46. The molecule has 108 valence electrons. The number of nitrogens with zero attached hydrogens (tertiary/aromatic N) is 1. The van der Waals surface area contributed by atoms with E-state index in [2.05, 4.69) is 15.6 Å². The number of amides is 2. The first-order chi connectivity index (χ1) is 10.2. The standard InChI is InChI=1S/C15H15N3O2S/c1-10(12-6-4-8-20-12)17-15(19)16-9-14-18-11-5-2-3-7-13(11)21-14/h2-8,10H,9H2,1H3,(H2,16,17,19)/t10-/m0/s1. The van der Waals surface area contributed by atoms with E-state index in [0.29, 0.717) is 6.54 Å². The lowest BCUT2D eigenvalue weighted by molar-refractivity contribution is 0.235. The summed E-state index contributed by atoms with van der Waals surface area (Å²) in [5.41, 5.74) is 0.962. The summed E-state index contributed by atoms with van der Waals surface area (Å²) in [6, 6.07) is 11.1. The second kappa shape index (κ2) is 5.97. The van der Waals surface area contributed by atoms with E-state index in [1.54, 1.807) is 23.7 Å². The average molecular weight is 301 g/mol. The Morgan fingerprint density at radius 1 is 1.33 bits per heavy atom. The van der Waals surface area contributed by atoms with Crippen molar-refractivity contribution in [1.82, 2.24) is 15.6 Å². The summed E-state index contributed by atoms with van der Waals surface area (Å²) in [6.45, 7) is 2.28. The Kier molecular flexibility index (Phi) is 3.87. The molecule has 0 aliphatic carbocycles. The van der Waals surface area contributed by atoms with E-state index in [-0.39, 0.29) is 12.1 Å². The number of para-hydroxylation sites is 1. The second-order valence-corrected chi connectivity index (χ2v) is 5.75. The fraction of sp³-hybridized carbons (Fsp3) is 0.200. The van der Waals surface area contributed by atoms with Gasteiger partial charge in [0.15, 0.2) is 0 Å². The Morgan fingerprint density at radius 2 is 2.19 bits per heavy atom. The van der Waals surface area contributed by atoms with Crippen molar-refractivity contribution in [1.29, 1.82) is 0 Å². The van der Waals surface area contributed by atoms with Crippen molar-refractivity contribution in [3.8, 4) is 0 Å².